The van der Waals surface area contributed by atoms with Crippen molar-refractivity contribution >= 4 is 10.9 Å². The Kier molecular flexibility index (Phi) is 4.26. The molecule has 4 rings (SSSR count). The number of benzene rings is 2. The highest BCUT2D eigenvalue weighted by Crippen LogP contribution is 2.28. The van der Waals surface area contributed by atoms with Crippen LogP contribution in [0.25, 0.3) is 10.9 Å². The van der Waals surface area contributed by atoms with Crippen LogP contribution in [-0.2, 0) is 13.0 Å². The van der Waals surface area contributed by atoms with Crippen molar-refractivity contribution in [3.05, 3.63) is 65.9 Å². The lowest BCUT2D eigenvalue weighted by Crippen LogP contribution is -2.30. The highest BCUT2D eigenvalue weighted by atomic mass is 16.5. The van der Waals surface area contributed by atoms with Gasteiger partial charge in [-0.3, -0.25) is 4.90 Å². The fourth-order valence-corrected chi connectivity index (χ4v) is 3.86. The summed E-state index contributed by atoms with van der Waals surface area (Å²) in [7, 11) is 1.73. The van der Waals surface area contributed by atoms with Crippen molar-refractivity contribution in [2.24, 2.45) is 0 Å². The Balaban J connectivity index is 1.53. The molecule has 0 amide bonds. The maximum absolute atomic E-state index is 5.39. The third kappa shape index (κ3) is 3.04. The molecule has 1 saturated heterocycles. The van der Waals surface area contributed by atoms with E-state index in [1.54, 1.807) is 7.11 Å². The SMILES string of the molecule is COc1ccc2[nH]cc(C[C@H]3CCCN3Cc3ccccc3)c2c1. The number of nitrogens with one attached hydrogen (secondary N) is 1. The van der Waals surface area contributed by atoms with E-state index < -0.39 is 0 Å². The molecule has 3 heteroatoms. The fraction of sp³-hybridized carbons (Fsp3) is 0.333. The minimum Gasteiger partial charge on any atom is -0.497 e. The third-order valence-electron chi connectivity index (χ3n) is 5.16. The molecule has 2 aromatic carbocycles. The standard InChI is InChI=1S/C21H24N2O/c1-24-19-9-10-21-20(13-19)17(14-22-21)12-18-8-5-11-23(18)15-16-6-3-2-4-7-16/h2-4,6-7,9-10,13-14,18,22H,5,8,11-12,15H2,1H3/t18-/m1/s1. The molecule has 0 bridgehead atoms. The van der Waals surface area contributed by atoms with Crippen LogP contribution in [-0.4, -0.2) is 29.6 Å². The van der Waals surface area contributed by atoms with E-state index in [9.17, 15) is 0 Å². The van der Waals surface area contributed by atoms with Gasteiger partial charge in [0.15, 0.2) is 0 Å². The zero-order valence-corrected chi connectivity index (χ0v) is 14.2. The van der Waals surface area contributed by atoms with E-state index in [2.05, 4.69) is 58.5 Å². The van der Waals surface area contributed by atoms with Crippen molar-refractivity contribution < 1.29 is 4.74 Å². The van der Waals surface area contributed by atoms with Gasteiger partial charge < -0.3 is 9.72 Å². The monoisotopic (exact) mass is 320 g/mol. The molecule has 1 N–H and O–H groups in total. The summed E-state index contributed by atoms with van der Waals surface area (Å²) in [5.41, 5.74) is 4.00. The molecule has 0 spiro atoms. The van der Waals surface area contributed by atoms with Crippen LogP contribution < -0.4 is 4.74 Å². The molecule has 0 unspecified atom stereocenters. The summed E-state index contributed by atoms with van der Waals surface area (Å²) in [6.07, 6.45) is 5.84. The average molecular weight is 320 g/mol. The Labute approximate surface area is 143 Å². The minimum absolute atomic E-state index is 0.621. The maximum Gasteiger partial charge on any atom is 0.119 e. The van der Waals surface area contributed by atoms with Crippen molar-refractivity contribution in [1.82, 2.24) is 9.88 Å². The van der Waals surface area contributed by atoms with Gasteiger partial charge in [0.05, 0.1) is 7.11 Å². The Morgan fingerprint density at radius 3 is 2.88 bits per heavy atom. The van der Waals surface area contributed by atoms with E-state index in [1.165, 1.54) is 41.4 Å². The van der Waals surface area contributed by atoms with Crippen LogP contribution in [0.5, 0.6) is 5.75 Å². The van der Waals surface area contributed by atoms with Gasteiger partial charge in [0.25, 0.3) is 0 Å². The molecule has 1 fully saturated rings. The van der Waals surface area contributed by atoms with Gasteiger partial charge in [-0.05, 0) is 55.1 Å². The largest absolute Gasteiger partial charge is 0.497 e. The van der Waals surface area contributed by atoms with Crippen LogP contribution in [0.3, 0.4) is 0 Å². The topological polar surface area (TPSA) is 28.3 Å². The number of aromatic nitrogens is 1. The number of hydrogen-bond acceptors (Lipinski definition) is 2. The Morgan fingerprint density at radius 1 is 1.17 bits per heavy atom. The molecule has 0 radical (unpaired) electrons. The number of aromatic amines is 1. The van der Waals surface area contributed by atoms with Gasteiger partial charge in [0.1, 0.15) is 5.75 Å². The number of likely N-dealkylation sites (tertiary alicyclic amines) is 1. The summed E-state index contributed by atoms with van der Waals surface area (Å²) in [5.74, 6) is 0.927. The van der Waals surface area contributed by atoms with Crippen molar-refractivity contribution in [2.45, 2.75) is 31.8 Å². The molecular formula is C21H24N2O. The number of hydrogen-bond donors (Lipinski definition) is 1. The van der Waals surface area contributed by atoms with Gasteiger partial charge in [-0.1, -0.05) is 30.3 Å². The van der Waals surface area contributed by atoms with Crippen molar-refractivity contribution in [1.29, 1.82) is 0 Å². The first-order valence-electron chi connectivity index (χ1n) is 8.75. The summed E-state index contributed by atoms with van der Waals surface area (Å²) in [4.78, 5) is 6.04. The second-order valence-corrected chi connectivity index (χ2v) is 6.68. The quantitative estimate of drug-likeness (QED) is 0.755. The van der Waals surface area contributed by atoms with Gasteiger partial charge in [-0.25, -0.2) is 0 Å². The average Bonchev–Trinajstić information content (AvgIpc) is 3.23. The van der Waals surface area contributed by atoms with Gasteiger partial charge in [0.2, 0.25) is 0 Å². The zero-order valence-electron chi connectivity index (χ0n) is 14.2. The van der Waals surface area contributed by atoms with Crippen molar-refractivity contribution in [3.63, 3.8) is 0 Å². The molecule has 3 nitrogen and oxygen atoms in total. The molecule has 24 heavy (non-hydrogen) atoms. The maximum atomic E-state index is 5.39. The van der Waals surface area contributed by atoms with E-state index in [-0.39, 0.29) is 0 Å². The van der Waals surface area contributed by atoms with E-state index in [1.807, 2.05) is 6.07 Å². The van der Waals surface area contributed by atoms with E-state index in [0.717, 1.165) is 18.7 Å². The molecule has 0 aliphatic carbocycles. The second kappa shape index (κ2) is 6.70. The summed E-state index contributed by atoms with van der Waals surface area (Å²) in [5, 5.41) is 1.29. The number of fused-ring (bicyclic) bond motifs is 1. The zero-order chi connectivity index (χ0) is 16.4. The second-order valence-electron chi connectivity index (χ2n) is 6.68. The Hall–Kier alpha value is -2.26. The van der Waals surface area contributed by atoms with E-state index in [4.69, 9.17) is 4.74 Å². The molecule has 2 heterocycles. The number of ether oxygens (including phenoxy) is 1. The third-order valence-corrected chi connectivity index (χ3v) is 5.16. The van der Waals surface area contributed by atoms with Gasteiger partial charge in [-0.2, -0.15) is 0 Å². The van der Waals surface area contributed by atoms with Crippen LogP contribution in [0.15, 0.2) is 54.7 Å². The van der Waals surface area contributed by atoms with Crippen LogP contribution in [0.1, 0.15) is 24.0 Å². The van der Waals surface area contributed by atoms with Crippen LogP contribution in [0, 0.1) is 0 Å². The molecule has 1 atom stereocenters. The van der Waals surface area contributed by atoms with Gasteiger partial charge in [-0.15, -0.1) is 0 Å². The van der Waals surface area contributed by atoms with Gasteiger partial charge in [0, 0.05) is 29.7 Å². The molecule has 124 valence electrons. The summed E-state index contributed by atoms with van der Waals surface area (Å²) < 4.78 is 5.39. The number of rotatable bonds is 5. The van der Waals surface area contributed by atoms with Crippen LogP contribution in [0.2, 0.25) is 0 Å². The molecular weight excluding hydrogens is 296 g/mol. The predicted molar refractivity (Wildman–Crippen MR) is 98.4 cm³/mol. The van der Waals surface area contributed by atoms with Crippen LogP contribution in [0.4, 0.5) is 0 Å². The Bertz CT molecular complexity index is 809. The number of H-pyrrole nitrogens is 1. The molecule has 0 saturated carbocycles. The lowest BCUT2D eigenvalue weighted by molar-refractivity contribution is 0.244. The summed E-state index contributed by atoms with van der Waals surface area (Å²) in [6, 6.07) is 17.7. The van der Waals surface area contributed by atoms with Crippen molar-refractivity contribution in [2.75, 3.05) is 13.7 Å². The van der Waals surface area contributed by atoms with E-state index >= 15 is 0 Å². The minimum atomic E-state index is 0.621. The molecule has 1 aliphatic rings. The summed E-state index contributed by atoms with van der Waals surface area (Å²) >= 11 is 0. The molecule has 1 aliphatic heterocycles. The first-order valence-corrected chi connectivity index (χ1v) is 8.75. The predicted octanol–water partition coefficient (Wildman–Crippen LogP) is 4.38. The number of methoxy groups -OCH3 is 1. The van der Waals surface area contributed by atoms with Crippen LogP contribution >= 0.6 is 0 Å². The normalized spacial score (nSPS) is 18.3. The van der Waals surface area contributed by atoms with Crippen molar-refractivity contribution in [3.8, 4) is 5.75 Å². The lowest BCUT2D eigenvalue weighted by atomic mass is 10.0. The first-order chi connectivity index (χ1) is 11.8. The lowest BCUT2D eigenvalue weighted by Gasteiger charge is -2.24. The highest BCUT2D eigenvalue weighted by molar-refractivity contribution is 5.84. The fourth-order valence-electron chi connectivity index (χ4n) is 3.86. The molecule has 1 aromatic heterocycles. The van der Waals surface area contributed by atoms with Gasteiger partial charge >= 0.3 is 0 Å². The highest BCUT2D eigenvalue weighted by Gasteiger charge is 2.25. The van der Waals surface area contributed by atoms with E-state index in [0.29, 0.717) is 6.04 Å². The molecule has 3 aromatic rings. The number of nitrogens with zero attached hydrogens (tertiary/aromatic N) is 1. The smallest absolute Gasteiger partial charge is 0.119 e. The summed E-state index contributed by atoms with van der Waals surface area (Å²) in [6.45, 7) is 2.25. The first kappa shape index (κ1) is 15.3. The Morgan fingerprint density at radius 2 is 2.04 bits per heavy atom.